The minimum absolute atomic E-state index is 0.117. The van der Waals surface area contributed by atoms with E-state index in [9.17, 15) is 0 Å². The predicted octanol–water partition coefficient (Wildman–Crippen LogP) is 15.9. The molecule has 6 heterocycles. The van der Waals surface area contributed by atoms with E-state index in [1.165, 1.54) is 0 Å². The van der Waals surface area contributed by atoms with E-state index in [1.54, 1.807) is 0 Å². The molecule has 88 heavy (non-hydrogen) atoms. The van der Waals surface area contributed by atoms with E-state index in [0.717, 1.165) is 155 Å². The summed E-state index contributed by atoms with van der Waals surface area (Å²) in [7, 11) is 0. The zero-order valence-electron chi connectivity index (χ0n) is 59.8. The lowest BCUT2D eigenvalue weighted by Crippen LogP contribution is -2.64. The van der Waals surface area contributed by atoms with E-state index >= 15 is 0 Å². The molecule has 6 rings (SSSR count). The number of unbranched alkanes of at least 4 members (excludes halogenated alkanes) is 5. The molecule has 0 bridgehead atoms. The minimum Gasteiger partial charge on any atom is -0.338 e. The van der Waals surface area contributed by atoms with Crippen LogP contribution in [0.15, 0.2) is 0 Å². The van der Waals surface area contributed by atoms with Crippen molar-refractivity contribution in [3.05, 3.63) is 10.6 Å². The number of aromatic nitrogens is 6. The van der Waals surface area contributed by atoms with Gasteiger partial charge in [0, 0.05) is 94.7 Å². The number of hydroxylamine groups is 8. The largest absolute Gasteiger partial charge is 0.338 e. The molecule has 0 amide bonds. The van der Waals surface area contributed by atoms with Crippen molar-refractivity contribution < 1.29 is 19.4 Å². The Morgan fingerprint density at radius 3 is 0.682 bits per heavy atom. The first-order valence-electron chi connectivity index (χ1n) is 34.8. The first-order chi connectivity index (χ1) is 41.1. The molecule has 2 aromatic heterocycles. The quantitative estimate of drug-likeness (QED) is 0.0625. The Morgan fingerprint density at radius 2 is 0.500 bits per heavy atom. The number of nitrogens with zero attached hydrogens (tertiary/aromatic N) is 14. The highest BCUT2D eigenvalue weighted by molar-refractivity contribution is 6.28. The van der Waals surface area contributed by atoms with Crippen LogP contribution in [0.5, 0.6) is 0 Å². The standard InChI is InChI=1S/C68H126Cl2N14O4/c1-23-29-35-77(51-43-61(7,8)81(85-39-25-3)62(9,10)44-51)57-71-55(69)73-59(75-57)79(53-47-65(15,16)83(87-41-27-5)66(17,18)48-53)37-33-31-32-34-38-80(54-49-67(19,20)84(88-42-28-6)68(21,22)50-54)60-74-56(70)72-58(76-60)78(36-30-24-2)52-45-63(11,12)82(86-40-26-4)64(13,14)46-52/h51-54H,23-50H2,1-22H3. The van der Waals surface area contributed by atoms with Crippen LogP contribution in [-0.4, -0.2) is 171 Å². The first-order valence-corrected chi connectivity index (χ1v) is 35.5. The van der Waals surface area contributed by atoms with Crippen molar-refractivity contribution in [3.8, 4) is 0 Å². The lowest BCUT2D eigenvalue weighted by Gasteiger charge is -2.56. The van der Waals surface area contributed by atoms with E-state index in [0.29, 0.717) is 50.2 Å². The van der Waals surface area contributed by atoms with E-state index in [1.807, 2.05) is 0 Å². The van der Waals surface area contributed by atoms with Crippen LogP contribution in [0.4, 0.5) is 23.8 Å². The number of rotatable bonds is 33. The highest BCUT2D eigenvalue weighted by atomic mass is 35.5. The van der Waals surface area contributed by atoms with Crippen molar-refractivity contribution in [1.82, 2.24) is 50.2 Å². The Bertz CT molecular complexity index is 2230. The van der Waals surface area contributed by atoms with Gasteiger partial charge in [0.15, 0.2) is 0 Å². The summed E-state index contributed by atoms with van der Waals surface area (Å²) in [6.45, 7) is 56.2. The zero-order chi connectivity index (χ0) is 65.3. The summed E-state index contributed by atoms with van der Waals surface area (Å²) in [6.07, 6.45) is 18.9. The summed E-state index contributed by atoms with van der Waals surface area (Å²) in [5, 5.41) is 9.52. The number of anilines is 4. The number of piperidine rings is 4. The van der Waals surface area contributed by atoms with Crippen molar-refractivity contribution >= 4 is 47.0 Å². The summed E-state index contributed by atoms with van der Waals surface area (Å²) >= 11 is 14.3. The second-order valence-corrected chi connectivity index (χ2v) is 32.2. The Morgan fingerprint density at radius 1 is 0.307 bits per heavy atom. The summed E-state index contributed by atoms with van der Waals surface area (Å²) in [5.41, 5.74) is -1.93. The van der Waals surface area contributed by atoms with Crippen LogP contribution in [0.2, 0.25) is 10.6 Å². The molecule has 2 aromatic rings. The van der Waals surface area contributed by atoms with E-state index < -0.39 is 0 Å². The maximum absolute atomic E-state index is 7.17. The van der Waals surface area contributed by atoms with Gasteiger partial charge >= 0.3 is 0 Å². The fraction of sp³-hybridized carbons (Fsp3) is 0.912. The Hall–Kier alpha value is -2.52. The van der Waals surface area contributed by atoms with Crippen LogP contribution in [0.25, 0.3) is 0 Å². The third-order valence-corrected chi connectivity index (χ3v) is 19.3. The van der Waals surface area contributed by atoms with Gasteiger partial charge in [0.25, 0.3) is 0 Å². The molecule has 0 aromatic carbocycles. The van der Waals surface area contributed by atoms with E-state index in [4.69, 9.17) is 72.5 Å². The summed E-state index contributed by atoms with van der Waals surface area (Å²) < 4.78 is 0. The molecule has 0 saturated carbocycles. The molecule has 4 fully saturated rings. The second kappa shape index (κ2) is 31.1. The van der Waals surface area contributed by atoms with Gasteiger partial charge in [-0.25, -0.2) is 0 Å². The SMILES string of the molecule is CCCCN(c1nc(Cl)nc(N(CCCCCCN(c2nc(Cl)nc(N(CCCC)C3CC(C)(C)N(OCCC)C(C)(C)C3)n2)C2CC(C)(C)N(OCCC)C(C)(C)C2)C2CC(C)(C)N(OCCC)C(C)(C)C2)n1)C1CC(C)(C)N(OCCC)C(C)(C)C1. The van der Waals surface area contributed by atoms with Crippen LogP contribution >= 0.6 is 23.2 Å². The van der Waals surface area contributed by atoms with Gasteiger partial charge in [0.05, 0.1) is 26.4 Å². The molecule has 506 valence electrons. The van der Waals surface area contributed by atoms with Crippen LogP contribution in [0.1, 0.15) is 281 Å². The Balaban J connectivity index is 1.33. The maximum atomic E-state index is 7.17. The smallest absolute Gasteiger partial charge is 0.231 e. The van der Waals surface area contributed by atoms with E-state index in [-0.39, 0.29) is 79.0 Å². The average Bonchev–Trinajstić information content (AvgIpc) is 1.93. The topological polar surface area (TPSA) is 140 Å². The highest BCUT2D eigenvalue weighted by Gasteiger charge is 2.53. The molecule has 0 radical (unpaired) electrons. The van der Waals surface area contributed by atoms with E-state index in [2.05, 4.69) is 192 Å². The van der Waals surface area contributed by atoms with Gasteiger partial charge in [0.2, 0.25) is 34.4 Å². The van der Waals surface area contributed by atoms with Gasteiger partial charge in [-0.3, -0.25) is 19.4 Å². The number of hydrogen-bond acceptors (Lipinski definition) is 18. The molecule has 4 aliphatic heterocycles. The van der Waals surface area contributed by atoms with Crippen LogP contribution in [-0.2, 0) is 19.4 Å². The number of hydrogen-bond donors (Lipinski definition) is 0. The zero-order valence-corrected chi connectivity index (χ0v) is 61.3. The lowest BCUT2D eigenvalue weighted by atomic mass is 9.78. The lowest BCUT2D eigenvalue weighted by molar-refractivity contribution is -0.282. The maximum Gasteiger partial charge on any atom is 0.231 e. The van der Waals surface area contributed by atoms with Gasteiger partial charge in [-0.05, 0) is 237 Å². The molecule has 4 aliphatic rings. The Labute approximate surface area is 545 Å². The molecule has 0 spiro atoms. The van der Waals surface area contributed by atoms with Crippen molar-refractivity contribution in [3.63, 3.8) is 0 Å². The van der Waals surface area contributed by atoms with Crippen LogP contribution in [0, 0.1) is 0 Å². The summed E-state index contributed by atoms with van der Waals surface area (Å²) in [5.74, 6) is 2.63. The summed E-state index contributed by atoms with van der Waals surface area (Å²) in [4.78, 5) is 67.2. The van der Waals surface area contributed by atoms with Gasteiger partial charge in [-0.15, -0.1) is 0 Å². The fourth-order valence-corrected chi connectivity index (χ4v) is 16.7. The van der Waals surface area contributed by atoms with Gasteiger partial charge in [-0.2, -0.15) is 50.2 Å². The average molecular weight is 1270 g/mol. The van der Waals surface area contributed by atoms with Crippen molar-refractivity contribution in [2.24, 2.45) is 0 Å². The monoisotopic (exact) mass is 1270 g/mol. The highest BCUT2D eigenvalue weighted by Crippen LogP contribution is 2.47. The van der Waals surface area contributed by atoms with Crippen LogP contribution in [0.3, 0.4) is 0 Å². The molecular weight excluding hydrogens is 1150 g/mol. The molecule has 4 saturated heterocycles. The molecule has 20 heteroatoms. The minimum atomic E-state index is -0.263. The van der Waals surface area contributed by atoms with Gasteiger partial charge < -0.3 is 19.6 Å². The fourth-order valence-electron chi connectivity index (χ4n) is 16.4. The molecule has 18 nitrogen and oxygen atoms in total. The Kier molecular flexibility index (Phi) is 26.4. The molecule has 0 unspecified atom stereocenters. The van der Waals surface area contributed by atoms with Gasteiger partial charge in [-0.1, -0.05) is 67.2 Å². The number of halogens is 2. The van der Waals surface area contributed by atoms with Crippen molar-refractivity contribution in [1.29, 1.82) is 0 Å². The molecule has 0 aliphatic carbocycles. The first kappa shape index (κ1) is 74.5. The van der Waals surface area contributed by atoms with Crippen molar-refractivity contribution in [2.75, 3.05) is 72.2 Å². The normalized spacial score (nSPS) is 22.5. The molecule has 0 atom stereocenters. The van der Waals surface area contributed by atoms with Crippen LogP contribution < -0.4 is 19.6 Å². The third-order valence-electron chi connectivity index (χ3n) is 19.0. The molecule has 0 N–H and O–H groups in total. The second-order valence-electron chi connectivity index (χ2n) is 31.6. The summed E-state index contributed by atoms with van der Waals surface area (Å²) in [6, 6.07) is 0.572. The predicted molar refractivity (Wildman–Crippen MR) is 364 cm³/mol. The van der Waals surface area contributed by atoms with Crippen molar-refractivity contribution in [2.45, 2.75) is 349 Å². The van der Waals surface area contributed by atoms with Gasteiger partial charge in [0.1, 0.15) is 0 Å². The molecular formula is C68H126Cl2N14O4. The third kappa shape index (κ3) is 18.7.